The van der Waals surface area contributed by atoms with E-state index in [1.54, 1.807) is 0 Å². The van der Waals surface area contributed by atoms with Crippen LogP contribution in [-0.2, 0) is 11.2 Å². The Bertz CT molecular complexity index is 524. The van der Waals surface area contributed by atoms with Gasteiger partial charge in [0.05, 0.1) is 6.10 Å². The van der Waals surface area contributed by atoms with Crippen LogP contribution in [0.25, 0.3) is 0 Å². The van der Waals surface area contributed by atoms with Gasteiger partial charge in [-0.3, -0.25) is 4.79 Å². The smallest absolute Gasteiger partial charge is 0.223 e. The molecule has 0 radical (unpaired) electrons. The van der Waals surface area contributed by atoms with Crippen molar-refractivity contribution in [1.29, 1.82) is 0 Å². The van der Waals surface area contributed by atoms with Crippen molar-refractivity contribution in [3.63, 3.8) is 0 Å². The highest BCUT2D eigenvalue weighted by molar-refractivity contribution is 5.78. The van der Waals surface area contributed by atoms with E-state index in [1.807, 2.05) is 6.07 Å². The number of aliphatic hydroxyl groups excluding tert-OH is 1. The molecule has 4 heteroatoms. The average Bonchev–Trinajstić information content (AvgIpc) is 3.14. The number of benzene rings is 1. The van der Waals surface area contributed by atoms with E-state index in [1.165, 1.54) is 11.3 Å². The molecule has 4 nitrogen and oxygen atoms in total. The summed E-state index contributed by atoms with van der Waals surface area (Å²) in [6.07, 6.45) is 4.70. The van der Waals surface area contributed by atoms with E-state index < -0.39 is 6.10 Å². The van der Waals surface area contributed by atoms with Crippen LogP contribution >= 0.6 is 0 Å². The molecule has 0 aromatic heterocycles. The molecule has 1 saturated carbocycles. The van der Waals surface area contributed by atoms with Crippen LogP contribution in [0.5, 0.6) is 0 Å². The lowest BCUT2D eigenvalue weighted by Crippen LogP contribution is -2.32. The Morgan fingerprint density at radius 3 is 2.95 bits per heavy atom. The van der Waals surface area contributed by atoms with E-state index in [9.17, 15) is 9.90 Å². The largest absolute Gasteiger partial charge is 0.387 e. The summed E-state index contributed by atoms with van der Waals surface area (Å²) in [7, 11) is 2.09. The predicted octanol–water partition coefficient (Wildman–Crippen LogP) is 2.02. The van der Waals surface area contributed by atoms with Gasteiger partial charge in [0.1, 0.15) is 0 Å². The normalized spacial score (nSPS) is 19.6. The highest BCUT2D eigenvalue weighted by Crippen LogP contribution is 2.29. The first-order chi connectivity index (χ1) is 10.1. The van der Waals surface area contributed by atoms with Crippen LogP contribution in [0.2, 0.25) is 0 Å². The summed E-state index contributed by atoms with van der Waals surface area (Å²) in [6.45, 7) is 1.34. The lowest BCUT2D eigenvalue weighted by atomic mass is 10.0. The molecule has 1 aliphatic heterocycles. The fraction of sp³-hybridized carbons (Fsp3) is 0.588. The zero-order valence-electron chi connectivity index (χ0n) is 12.6. The number of rotatable bonds is 4. The topological polar surface area (TPSA) is 52.6 Å². The molecule has 21 heavy (non-hydrogen) atoms. The summed E-state index contributed by atoms with van der Waals surface area (Å²) in [5.41, 5.74) is 3.44. The maximum absolute atomic E-state index is 12.0. The first-order valence-electron chi connectivity index (χ1n) is 7.95. The summed E-state index contributed by atoms with van der Waals surface area (Å²) in [5, 5.41) is 13.2. The number of hydrogen-bond acceptors (Lipinski definition) is 3. The van der Waals surface area contributed by atoms with Gasteiger partial charge in [-0.25, -0.2) is 0 Å². The maximum atomic E-state index is 12.0. The van der Waals surface area contributed by atoms with Gasteiger partial charge in [0, 0.05) is 31.7 Å². The zero-order chi connectivity index (χ0) is 14.8. The minimum Gasteiger partial charge on any atom is -0.387 e. The third-order valence-corrected chi connectivity index (χ3v) is 4.81. The molecule has 0 spiro atoms. The van der Waals surface area contributed by atoms with E-state index in [0.717, 1.165) is 44.2 Å². The number of carbonyl (C=O) groups excluding carboxylic acids is 1. The van der Waals surface area contributed by atoms with Crippen molar-refractivity contribution in [3.8, 4) is 0 Å². The Morgan fingerprint density at radius 2 is 2.19 bits per heavy atom. The SMILES string of the molecule is CN1CCc2cc([C@@H](O)CNC(=O)C3CCCC3)ccc21. The molecule has 0 unspecified atom stereocenters. The van der Waals surface area contributed by atoms with Gasteiger partial charge in [-0.05, 0) is 36.5 Å². The van der Waals surface area contributed by atoms with Gasteiger partial charge in [0.15, 0.2) is 0 Å². The third-order valence-electron chi connectivity index (χ3n) is 4.81. The Hall–Kier alpha value is -1.55. The third kappa shape index (κ3) is 3.05. The molecule has 1 aromatic carbocycles. The van der Waals surface area contributed by atoms with Crippen LogP contribution in [0.4, 0.5) is 5.69 Å². The predicted molar refractivity (Wildman–Crippen MR) is 83.3 cm³/mol. The standard InChI is InChI=1S/C17H24N2O2/c1-19-9-8-13-10-14(6-7-15(13)19)16(20)11-18-17(21)12-4-2-3-5-12/h6-7,10,12,16,20H,2-5,8-9,11H2,1H3,(H,18,21)/t16-/m0/s1. The number of carbonyl (C=O) groups is 1. The highest BCUT2D eigenvalue weighted by Gasteiger charge is 2.23. The molecule has 1 fully saturated rings. The summed E-state index contributed by atoms with van der Waals surface area (Å²) in [4.78, 5) is 14.2. The van der Waals surface area contributed by atoms with E-state index >= 15 is 0 Å². The van der Waals surface area contributed by atoms with Crippen LogP contribution in [-0.4, -0.2) is 31.2 Å². The molecule has 3 rings (SSSR count). The minimum atomic E-state index is -0.619. The van der Waals surface area contributed by atoms with Crippen LogP contribution in [0, 0.1) is 5.92 Å². The van der Waals surface area contributed by atoms with Gasteiger partial charge < -0.3 is 15.3 Å². The van der Waals surface area contributed by atoms with Gasteiger partial charge in [0.25, 0.3) is 0 Å². The maximum Gasteiger partial charge on any atom is 0.223 e. The van der Waals surface area contributed by atoms with Gasteiger partial charge in [0.2, 0.25) is 5.91 Å². The van der Waals surface area contributed by atoms with E-state index in [4.69, 9.17) is 0 Å². The molecule has 1 aromatic rings. The first-order valence-corrected chi connectivity index (χ1v) is 7.95. The lowest BCUT2D eigenvalue weighted by Gasteiger charge is -2.16. The summed E-state index contributed by atoms with van der Waals surface area (Å²) >= 11 is 0. The van der Waals surface area contributed by atoms with Crippen molar-refractivity contribution in [1.82, 2.24) is 5.32 Å². The fourth-order valence-corrected chi connectivity index (χ4v) is 3.44. The highest BCUT2D eigenvalue weighted by atomic mass is 16.3. The molecule has 2 aliphatic rings. The zero-order valence-corrected chi connectivity index (χ0v) is 12.6. The summed E-state index contributed by atoms with van der Waals surface area (Å²) in [6, 6.07) is 6.11. The van der Waals surface area contributed by atoms with Crippen molar-refractivity contribution in [3.05, 3.63) is 29.3 Å². The van der Waals surface area contributed by atoms with Gasteiger partial charge in [-0.2, -0.15) is 0 Å². The van der Waals surface area contributed by atoms with Crippen LogP contribution in [0.1, 0.15) is 42.9 Å². The van der Waals surface area contributed by atoms with Crippen molar-refractivity contribution in [2.45, 2.75) is 38.2 Å². The fourth-order valence-electron chi connectivity index (χ4n) is 3.44. The average molecular weight is 288 g/mol. The minimum absolute atomic E-state index is 0.104. The van der Waals surface area contributed by atoms with Gasteiger partial charge >= 0.3 is 0 Å². The van der Waals surface area contributed by atoms with Crippen LogP contribution in [0.15, 0.2) is 18.2 Å². The molecule has 114 valence electrons. The molecule has 1 aliphatic carbocycles. The molecule has 2 N–H and O–H groups in total. The number of anilines is 1. The van der Waals surface area contributed by atoms with E-state index in [0.29, 0.717) is 6.54 Å². The van der Waals surface area contributed by atoms with Gasteiger partial charge in [-0.1, -0.05) is 25.0 Å². The number of hydrogen-bond donors (Lipinski definition) is 2. The lowest BCUT2D eigenvalue weighted by molar-refractivity contribution is -0.125. The Morgan fingerprint density at radius 1 is 1.43 bits per heavy atom. The number of likely N-dealkylation sites (N-methyl/N-ethyl adjacent to an activating group) is 1. The molecular weight excluding hydrogens is 264 g/mol. The number of nitrogens with one attached hydrogen (secondary N) is 1. The molecular formula is C17H24N2O2. The van der Waals surface area contributed by atoms with Crippen LogP contribution in [0.3, 0.4) is 0 Å². The number of amides is 1. The monoisotopic (exact) mass is 288 g/mol. The summed E-state index contributed by atoms with van der Waals surface area (Å²) in [5.74, 6) is 0.262. The Balaban J connectivity index is 1.58. The summed E-state index contributed by atoms with van der Waals surface area (Å²) < 4.78 is 0. The Kier molecular flexibility index (Phi) is 4.15. The molecule has 1 atom stereocenters. The molecule has 1 amide bonds. The van der Waals surface area contributed by atoms with Crippen molar-refractivity contribution in [2.75, 3.05) is 25.0 Å². The van der Waals surface area contributed by atoms with Crippen molar-refractivity contribution >= 4 is 11.6 Å². The first kappa shape index (κ1) is 14.4. The second kappa shape index (κ2) is 6.06. The number of aliphatic hydroxyl groups is 1. The van der Waals surface area contributed by atoms with Gasteiger partial charge in [-0.15, -0.1) is 0 Å². The number of fused-ring (bicyclic) bond motifs is 1. The second-order valence-corrected chi connectivity index (χ2v) is 6.30. The molecule has 0 bridgehead atoms. The number of nitrogens with zero attached hydrogens (tertiary/aromatic N) is 1. The molecule has 1 heterocycles. The quantitative estimate of drug-likeness (QED) is 0.891. The van der Waals surface area contributed by atoms with Crippen molar-refractivity contribution < 1.29 is 9.90 Å². The molecule has 0 saturated heterocycles. The van der Waals surface area contributed by atoms with Crippen LogP contribution < -0.4 is 10.2 Å². The van der Waals surface area contributed by atoms with E-state index in [-0.39, 0.29) is 11.8 Å². The van der Waals surface area contributed by atoms with E-state index in [2.05, 4.69) is 29.4 Å². The Labute approximate surface area is 126 Å². The van der Waals surface area contributed by atoms with Crippen molar-refractivity contribution in [2.24, 2.45) is 5.92 Å². The second-order valence-electron chi connectivity index (χ2n) is 6.30.